The normalized spacial score (nSPS) is 10.2. The standard InChI is InChI=1S/C24H20O7/c1-15(25)22-20(30-23(26)16-7-11-18(28-2)12-8-16)5-4-6-21(22)31-24(27)17-9-13-19(29-3)14-10-17/h4-14H,1-3H3. The van der Waals surface area contributed by atoms with Crippen molar-refractivity contribution >= 4 is 17.7 Å². The molecule has 3 aromatic carbocycles. The fourth-order valence-corrected chi connectivity index (χ4v) is 2.80. The first-order chi connectivity index (χ1) is 14.9. The van der Waals surface area contributed by atoms with E-state index in [2.05, 4.69) is 0 Å². The third-order valence-corrected chi connectivity index (χ3v) is 4.40. The van der Waals surface area contributed by atoms with Crippen molar-refractivity contribution in [3.05, 3.63) is 83.4 Å². The molecule has 0 radical (unpaired) electrons. The second-order valence-corrected chi connectivity index (χ2v) is 6.42. The largest absolute Gasteiger partial charge is 0.497 e. The van der Waals surface area contributed by atoms with Crippen LogP contribution in [0.1, 0.15) is 38.0 Å². The van der Waals surface area contributed by atoms with Crippen molar-refractivity contribution in [2.75, 3.05) is 14.2 Å². The van der Waals surface area contributed by atoms with E-state index < -0.39 is 17.7 Å². The van der Waals surface area contributed by atoms with Crippen LogP contribution in [0.15, 0.2) is 66.7 Å². The van der Waals surface area contributed by atoms with Crippen LogP contribution in [0.3, 0.4) is 0 Å². The highest BCUT2D eigenvalue weighted by molar-refractivity contribution is 6.02. The maximum atomic E-state index is 12.5. The van der Waals surface area contributed by atoms with E-state index in [1.807, 2.05) is 0 Å². The predicted octanol–water partition coefficient (Wildman–Crippen LogP) is 4.34. The van der Waals surface area contributed by atoms with Crippen LogP contribution in [0.2, 0.25) is 0 Å². The van der Waals surface area contributed by atoms with Crippen LogP contribution >= 0.6 is 0 Å². The number of carbonyl (C=O) groups excluding carboxylic acids is 3. The second-order valence-electron chi connectivity index (χ2n) is 6.42. The Morgan fingerprint density at radius 3 is 1.32 bits per heavy atom. The van der Waals surface area contributed by atoms with Gasteiger partial charge in [0.1, 0.15) is 28.6 Å². The molecule has 7 heteroatoms. The molecule has 0 aromatic heterocycles. The molecule has 0 aliphatic heterocycles. The lowest BCUT2D eigenvalue weighted by Crippen LogP contribution is -2.14. The summed E-state index contributed by atoms with van der Waals surface area (Å²) >= 11 is 0. The number of Topliss-reactive ketones (excluding diaryl/α,β-unsaturated/α-hetero) is 1. The number of rotatable bonds is 7. The second kappa shape index (κ2) is 9.58. The number of hydrogen-bond donors (Lipinski definition) is 0. The summed E-state index contributed by atoms with van der Waals surface area (Å²) in [5.74, 6) is -0.577. The summed E-state index contributed by atoms with van der Waals surface area (Å²) in [6.45, 7) is 1.30. The molecule has 0 aliphatic rings. The lowest BCUT2D eigenvalue weighted by Gasteiger charge is -2.13. The number of carbonyl (C=O) groups is 3. The molecular formula is C24H20O7. The molecule has 31 heavy (non-hydrogen) atoms. The Hall–Kier alpha value is -4.13. The van der Waals surface area contributed by atoms with Gasteiger partial charge in [0, 0.05) is 0 Å². The first kappa shape index (κ1) is 21.6. The average molecular weight is 420 g/mol. The first-order valence-corrected chi connectivity index (χ1v) is 9.29. The molecule has 0 amide bonds. The van der Waals surface area contributed by atoms with Crippen LogP contribution in [0.4, 0.5) is 0 Å². The Kier molecular flexibility index (Phi) is 6.67. The maximum Gasteiger partial charge on any atom is 0.343 e. The van der Waals surface area contributed by atoms with Crippen LogP contribution < -0.4 is 18.9 Å². The van der Waals surface area contributed by atoms with E-state index in [4.69, 9.17) is 18.9 Å². The van der Waals surface area contributed by atoms with Crippen LogP contribution in [-0.2, 0) is 0 Å². The van der Waals surface area contributed by atoms with Gasteiger partial charge in [0.25, 0.3) is 0 Å². The molecule has 0 aliphatic carbocycles. The molecule has 3 rings (SSSR count). The minimum Gasteiger partial charge on any atom is -0.497 e. The number of benzene rings is 3. The fraction of sp³-hybridized carbons (Fsp3) is 0.125. The summed E-state index contributed by atoms with van der Waals surface area (Å²) in [6.07, 6.45) is 0. The molecule has 0 bridgehead atoms. The van der Waals surface area contributed by atoms with Crippen molar-refractivity contribution in [2.45, 2.75) is 6.92 Å². The molecule has 0 spiro atoms. The highest BCUT2D eigenvalue weighted by Crippen LogP contribution is 2.30. The summed E-state index contributed by atoms with van der Waals surface area (Å²) < 4.78 is 21.0. The fourth-order valence-electron chi connectivity index (χ4n) is 2.80. The summed E-state index contributed by atoms with van der Waals surface area (Å²) in [6, 6.07) is 17.1. The monoisotopic (exact) mass is 420 g/mol. The molecule has 0 heterocycles. The van der Waals surface area contributed by atoms with Gasteiger partial charge in [0.05, 0.1) is 25.3 Å². The number of methoxy groups -OCH3 is 2. The van der Waals surface area contributed by atoms with Gasteiger partial charge in [-0.2, -0.15) is 0 Å². The molecule has 7 nitrogen and oxygen atoms in total. The van der Waals surface area contributed by atoms with Gasteiger partial charge in [-0.15, -0.1) is 0 Å². The lowest BCUT2D eigenvalue weighted by atomic mass is 10.1. The summed E-state index contributed by atoms with van der Waals surface area (Å²) in [4.78, 5) is 37.3. The summed E-state index contributed by atoms with van der Waals surface area (Å²) in [5, 5.41) is 0. The van der Waals surface area contributed by atoms with Crippen LogP contribution in [-0.4, -0.2) is 31.9 Å². The Bertz CT molecular complexity index is 1020. The molecule has 0 saturated carbocycles. The highest BCUT2D eigenvalue weighted by atomic mass is 16.5. The van der Waals surface area contributed by atoms with E-state index in [0.29, 0.717) is 11.5 Å². The van der Waals surface area contributed by atoms with Crippen LogP contribution in [0, 0.1) is 0 Å². The number of ketones is 1. The van der Waals surface area contributed by atoms with Crippen LogP contribution in [0.25, 0.3) is 0 Å². The average Bonchev–Trinajstić information content (AvgIpc) is 2.79. The summed E-state index contributed by atoms with van der Waals surface area (Å²) in [7, 11) is 3.04. The molecule has 0 saturated heterocycles. The van der Waals surface area contributed by atoms with E-state index in [1.165, 1.54) is 39.3 Å². The first-order valence-electron chi connectivity index (χ1n) is 9.29. The van der Waals surface area contributed by atoms with Crippen molar-refractivity contribution in [3.63, 3.8) is 0 Å². The third kappa shape index (κ3) is 5.08. The molecule has 0 unspecified atom stereocenters. The molecule has 0 N–H and O–H groups in total. The lowest BCUT2D eigenvalue weighted by molar-refractivity contribution is 0.0729. The highest BCUT2D eigenvalue weighted by Gasteiger charge is 2.21. The van der Waals surface area contributed by atoms with Crippen molar-refractivity contribution in [1.82, 2.24) is 0 Å². The number of ether oxygens (including phenoxy) is 4. The third-order valence-electron chi connectivity index (χ3n) is 4.40. The quantitative estimate of drug-likeness (QED) is 0.319. The van der Waals surface area contributed by atoms with E-state index in [0.717, 1.165) is 0 Å². The Balaban J connectivity index is 1.85. The SMILES string of the molecule is COc1ccc(C(=O)Oc2cccc(OC(=O)c3ccc(OC)cc3)c2C(C)=O)cc1. The predicted molar refractivity (Wildman–Crippen MR) is 112 cm³/mol. The topological polar surface area (TPSA) is 88.1 Å². The molecule has 3 aromatic rings. The number of hydrogen-bond acceptors (Lipinski definition) is 7. The van der Waals surface area contributed by atoms with Crippen molar-refractivity contribution in [1.29, 1.82) is 0 Å². The molecule has 0 atom stereocenters. The van der Waals surface area contributed by atoms with E-state index in [-0.39, 0.29) is 28.2 Å². The maximum absolute atomic E-state index is 12.5. The van der Waals surface area contributed by atoms with Gasteiger partial charge >= 0.3 is 11.9 Å². The zero-order chi connectivity index (χ0) is 22.4. The number of esters is 2. The van der Waals surface area contributed by atoms with E-state index in [9.17, 15) is 14.4 Å². The van der Waals surface area contributed by atoms with Crippen molar-refractivity contribution in [3.8, 4) is 23.0 Å². The molecule has 158 valence electrons. The van der Waals surface area contributed by atoms with Gasteiger partial charge in [-0.3, -0.25) is 4.79 Å². The smallest absolute Gasteiger partial charge is 0.343 e. The zero-order valence-corrected chi connectivity index (χ0v) is 17.2. The van der Waals surface area contributed by atoms with Crippen molar-refractivity contribution < 1.29 is 33.3 Å². The van der Waals surface area contributed by atoms with Gasteiger partial charge in [-0.25, -0.2) is 9.59 Å². The minimum atomic E-state index is -0.663. The van der Waals surface area contributed by atoms with Gasteiger partial charge in [-0.1, -0.05) is 6.07 Å². The van der Waals surface area contributed by atoms with E-state index >= 15 is 0 Å². The Morgan fingerprint density at radius 2 is 1.00 bits per heavy atom. The van der Waals surface area contributed by atoms with Gasteiger partial charge < -0.3 is 18.9 Å². The zero-order valence-electron chi connectivity index (χ0n) is 17.2. The molecular weight excluding hydrogens is 400 g/mol. The van der Waals surface area contributed by atoms with Gasteiger partial charge in [0.2, 0.25) is 0 Å². The van der Waals surface area contributed by atoms with Gasteiger partial charge in [0.15, 0.2) is 5.78 Å². The minimum absolute atomic E-state index is 0.00616. The van der Waals surface area contributed by atoms with E-state index in [1.54, 1.807) is 48.5 Å². The van der Waals surface area contributed by atoms with Gasteiger partial charge in [-0.05, 0) is 67.6 Å². The summed E-state index contributed by atoms with van der Waals surface area (Å²) in [5.41, 5.74) is 0.540. The van der Waals surface area contributed by atoms with Crippen LogP contribution in [0.5, 0.6) is 23.0 Å². The Labute approximate surface area is 179 Å². The molecule has 0 fully saturated rings. The van der Waals surface area contributed by atoms with Crippen molar-refractivity contribution in [2.24, 2.45) is 0 Å². The Morgan fingerprint density at radius 1 is 0.613 bits per heavy atom.